The highest BCUT2D eigenvalue weighted by Gasteiger charge is 2.11. The van der Waals surface area contributed by atoms with E-state index in [0.29, 0.717) is 10.9 Å². The summed E-state index contributed by atoms with van der Waals surface area (Å²) < 4.78 is 25.8. The summed E-state index contributed by atoms with van der Waals surface area (Å²) >= 11 is 0. The molecule has 0 saturated carbocycles. The van der Waals surface area contributed by atoms with Crippen molar-refractivity contribution < 1.29 is 12.6 Å². The lowest BCUT2D eigenvalue weighted by atomic mass is 10.2. The summed E-state index contributed by atoms with van der Waals surface area (Å²) in [6.45, 7) is 0. The van der Waals surface area contributed by atoms with Gasteiger partial charge in [0.25, 0.3) is 5.88 Å². The van der Waals surface area contributed by atoms with Gasteiger partial charge in [-0.3, -0.25) is 5.10 Å². The van der Waals surface area contributed by atoms with Crippen LogP contribution in [0.3, 0.4) is 0 Å². The summed E-state index contributed by atoms with van der Waals surface area (Å²) in [5.41, 5.74) is 0.686. The zero-order chi connectivity index (χ0) is 10.2. The molecule has 7 heteroatoms. The van der Waals surface area contributed by atoms with Gasteiger partial charge >= 0.3 is 10.3 Å². The third kappa shape index (κ3) is 1.68. The molecule has 0 aliphatic carbocycles. The quantitative estimate of drug-likeness (QED) is 0.741. The van der Waals surface area contributed by atoms with Crippen molar-refractivity contribution in [3.05, 3.63) is 24.3 Å². The minimum atomic E-state index is -4.02. The van der Waals surface area contributed by atoms with E-state index in [-0.39, 0.29) is 5.88 Å². The normalized spacial score (nSPS) is 11.8. The van der Waals surface area contributed by atoms with E-state index < -0.39 is 10.3 Å². The Morgan fingerprint density at radius 1 is 1.36 bits per heavy atom. The maximum Gasteiger partial charge on any atom is 0.381 e. The average molecular weight is 213 g/mol. The first-order valence-corrected chi connectivity index (χ1v) is 5.19. The Bertz CT molecular complexity index is 560. The van der Waals surface area contributed by atoms with E-state index in [9.17, 15) is 8.42 Å². The van der Waals surface area contributed by atoms with Gasteiger partial charge in [-0.05, 0) is 12.1 Å². The standard InChI is InChI=1S/C7H7N3O3S/c8-14(11,12)13-7-5-3-1-2-4-6(5)9-10-7/h1-4H,(H,9,10)(H2,8,11,12). The highest BCUT2D eigenvalue weighted by atomic mass is 32.2. The van der Waals surface area contributed by atoms with E-state index in [0.717, 1.165) is 0 Å². The van der Waals surface area contributed by atoms with Crippen molar-refractivity contribution in [2.24, 2.45) is 5.14 Å². The first kappa shape index (κ1) is 8.97. The predicted molar refractivity (Wildman–Crippen MR) is 49.8 cm³/mol. The maximum atomic E-state index is 10.6. The number of nitrogens with zero attached hydrogens (tertiary/aromatic N) is 1. The number of rotatable bonds is 2. The Morgan fingerprint density at radius 2 is 2.07 bits per heavy atom. The summed E-state index contributed by atoms with van der Waals surface area (Å²) in [5, 5.41) is 11.6. The first-order valence-electron chi connectivity index (χ1n) is 3.71. The summed E-state index contributed by atoms with van der Waals surface area (Å²) in [7, 11) is -4.02. The third-order valence-electron chi connectivity index (χ3n) is 1.63. The Kier molecular flexibility index (Phi) is 1.90. The third-order valence-corrected chi connectivity index (χ3v) is 2.02. The Balaban J connectivity index is 2.54. The molecule has 14 heavy (non-hydrogen) atoms. The van der Waals surface area contributed by atoms with Gasteiger partial charge in [0.15, 0.2) is 0 Å². The molecule has 6 nitrogen and oxygen atoms in total. The molecular formula is C7H7N3O3S. The molecule has 0 bridgehead atoms. The molecule has 0 aliphatic rings. The number of nitrogens with one attached hydrogen (secondary N) is 1. The number of fused-ring (bicyclic) bond motifs is 1. The second-order valence-electron chi connectivity index (χ2n) is 2.65. The molecular weight excluding hydrogens is 206 g/mol. The monoisotopic (exact) mass is 213 g/mol. The van der Waals surface area contributed by atoms with Crippen LogP contribution in [0.15, 0.2) is 24.3 Å². The van der Waals surface area contributed by atoms with Crippen molar-refractivity contribution in [1.82, 2.24) is 10.2 Å². The molecule has 0 atom stereocenters. The zero-order valence-electron chi connectivity index (χ0n) is 6.97. The molecule has 0 aliphatic heterocycles. The smallest absolute Gasteiger partial charge is 0.348 e. The fraction of sp³-hybridized carbons (Fsp3) is 0. The highest BCUT2D eigenvalue weighted by Crippen LogP contribution is 2.22. The van der Waals surface area contributed by atoms with Crippen LogP contribution in [-0.2, 0) is 10.3 Å². The van der Waals surface area contributed by atoms with Gasteiger partial charge in [0.2, 0.25) is 0 Å². The van der Waals surface area contributed by atoms with Crippen molar-refractivity contribution in [2.75, 3.05) is 0 Å². The number of nitrogens with two attached hydrogens (primary N) is 1. The van der Waals surface area contributed by atoms with Gasteiger partial charge < -0.3 is 4.18 Å². The second-order valence-corrected chi connectivity index (χ2v) is 3.80. The molecule has 0 fully saturated rings. The molecule has 0 spiro atoms. The van der Waals surface area contributed by atoms with Crippen molar-refractivity contribution in [2.45, 2.75) is 0 Å². The Morgan fingerprint density at radius 3 is 2.79 bits per heavy atom. The van der Waals surface area contributed by atoms with E-state index in [4.69, 9.17) is 5.14 Å². The minimum Gasteiger partial charge on any atom is -0.348 e. The summed E-state index contributed by atoms with van der Waals surface area (Å²) in [6.07, 6.45) is 0. The van der Waals surface area contributed by atoms with E-state index in [1.165, 1.54) is 0 Å². The maximum absolute atomic E-state index is 10.6. The number of aromatic amines is 1. The van der Waals surface area contributed by atoms with E-state index in [1.54, 1.807) is 24.3 Å². The summed E-state index contributed by atoms with van der Waals surface area (Å²) in [6, 6.07) is 6.97. The molecule has 1 aromatic heterocycles. The van der Waals surface area contributed by atoms with Crippen molar-refractivity contribution in [3.63, 3.8) is 0 Å². The second kappa shape index (κ2) is 2.96. The lowest BCUT2D eigenvalue weighted by Gasteiger charge is -1.96. The number of hydrogen-bond donors (Lipinski definition) is 2. The van der Waals surface area contributed by atoms with Crippen molar-refractivity contribution in [3.8, 4) is 5.88 Å². The van der Waals surface area contributed by atoms with Crippen LogP contribution in [0, 0.1) is 0 Å². The van der Waals surface area contributed by atoms with E-state index >= 15 is 0 Å². The Labute approximate surface area is 79.9 Å². The van der Waals surface area contributed by atoms with Crippen LogP contribution in [0.5, 0.6) is 5.88 Å². The lowest BCUT2D eigenvalue weighted by Crippen LogP contribution is -2.19. The largest absolute Gasteiger partial charge is 0.381 e. The molecule has 1 heterocycles. The van der Waals surface area contributed by atoms with Crippen molar-refractivity contribution >= 4 is 21.2 Å². The Hall–Kier alpha value is -1.60. The lowest BCUT2D eigenvalue weighted by molar-refractivity contribution is 0.479. The van der Waals surface area contributed by atoms with Gasteiger partial charge in [0.1, 0.15) is 0 Å². The molecule has 0 radical (unpaired) electrons. The van der Waals surface area contributed by atoms with Gasteiger partial charge in [0, 0.05) is 0 Å². The molecule has 0 amide bonds. The number of aromatic nitrogens is 2. The van der Waals surface area contributed by atoms with Crippen LogP contribution in [0.2, 0.25) is 0 Å². The van der Waals surface area contributed by atoms with Gasteiger partial charge in [-0.15, -0.1) is 5.10 Å². The average Bonchev–Trinajstić information content (AvgIpc) is 2.47. The van der Waals surface area contributed by atoms with E-state index in [2.05, 4.69) is 14.4 Å². The predicted octanol–water partition coefficient (Wildman–Crippen LogP) is 0.145. The molecule has 0 unspecified atom stereocenters. The van der Waals surface area contributed by atoms with Gasteiger partial charge in [-0.2, -0.15) is 13.6 Å². The first-order chi connectivity index (χ1) is 6.56. The van der Waals surface area contributed by atoms with Gasteiger partial charge in [-0.25, -0.2) is 0 Å². The van der Waals surface area contributed by atoms with Gasteiger partial charge in [-0.1, -0.05) is 12.1 Å². The summed E-state index contributed by atoms with van der Waals surface area (Å²) in [5.74, 6) is -0.0388. The number of hydrogen-bond acceptors (Lipinski definition) is 4. The highest BCUT2D eigenvalue weighted by molar-refractivity contribution is 7.84. The van der Waals surface area contributed by atoms with Crippen LogP contribution in [-0.4, -0.2) is 18.6 Å². The molecule has 0 saturated heterocycles. The number of benzene rings is 1. The van der Waals surface area contributed by atoms with Crippen molar-refractivity contribution in [1.29, 1.82) is 0 Å². The number of H-pyrrole nitrogens is 1. The van der Waals surface area contributed by atoms with Crippen LogP contribution in [0.4, 0.5) is 0 Å². The fourth-order valence-corrected chi connectivity index (χ4v) is 1.46. The van der Waals surface area contributed by atoms with Crippen LogP contribution in [0.1, 0.15) is 0 Å². The molecule has 3 N–H and O–H groups in total. The minimum absolute atomic E-state index is 0.0388. The molecule has 2 rings (SSSR count). The van der Waals surface area contributed by atoms with Gasteiger partial charge in [0.05, 0.1) is 10.9 Å². The molecule has 74 valence electrons. The van der Waals surface area contributed by atoms with Crippen LogP contribution >= 0.6 is 0 Å². The van der Waals surface area contributed by atoms with E-state index in [1.807, 2.05) is 0 Å². The zero-order valence-corrected chi connectivity index (χ0v) is 7.78. The van der Waals surface area contributed by atoms with Crippen LogP contribution in [0.25, 0.3) is 10.9 Å². The van der Waals surface area contributed by atoms with Crippen LogP contribution < -0.4 is 9.32 Å². The summed E-state index contributed by atoms with van der Waals surface area (Å²) in [4.78, 5) is 0. The SMILES string of the molecule is NS(=O)(=O)Oc1n[nH]c2ccccc12. The number of para-hydroxylation sites is 1. The fourth-order valence-electron chi connectivity index (χ4n) is 1.11. The topological polar surface area (TPSA) is 98.1 Å². The molecule has 1 aromatic carbocycles. The molecule has 2 aromatic rings.